The van der Waals surface area contributed by atoms with Gasteiger partial charge in [-0.15, -0.1) is 0 Å². The Kier molecular flexibility index (Phi) is 4.79. The van der Waals surface area contributed by atoms with E-state index >= 15 is 0 Å². The number of benzene rings is 1. The summed E-state index contributed by atoms with van der Waals surface area (Å²) in [6.07, 6.45) is -0.0483. The van der Waals surface area contributed by atoms with Crippen molar-refractivity contribution >= 4 is 12.1 Å². The van der Waals surface area contributed by atoms with Gasteiger partial charge in [-0.25, -0.2) is 9.59 Å². The molecule has 23 heavy (non-hydrogen) atoms. The second-order valence-corrected chi connectivity index (χ2v) is 6.21. The summed E-state index contributed by atoms with van der Waals surface area (Å²) in [5.41, 5.74) is 0.413. The van der Waals surface area contributed by atoms with Crippen molar-refractivity contribution in [2.45, 2.75) is 32.0 Å². The fraction of sp³-hybridized carbons (Fsp3) is 0.500. The summed E-state index contributed by atoms with van der Waals surface area (Å²) in [5, 5.41) is 13.1. The third-order valence-corrected chi connectivity index (χ3v) is 4.35. The molecule has 0 aromatic heterocycles. The smallest absolute Gasteiger partial charge is 0.339 e. The number of urea groups is 2. The largest absolute Gasteiger partial charge is 0.342 e. The van der Waals surface area contributed by atoms with Gasteiger partial charge in [-0.1, -0.05) is 30.3 Å². The highest BCUT2D eigenvalue weighted by Gasteiger charge is 2.53. The number of nitrogens with one attached hydrogen (secondary N) is 1. The van der Waals surface area contributed by atoms with Gasteiger partial charge in [0, 0.05) is 20.6 Å². The molecule has 1 unspecified atom stereocenters. The fourth-order valence-corrected chi connectivity index (χ4v) is 3.11. The van der Waals surface area contributed by atoms with Crippen molar-refractivity contribution in [1.29, 1.82) is 0 Å². The number of carbonyl (C=O) groups is 2. The van der Waals surface area contributed by atoms with Gasteiger partial charge in [0.05, 0.1) is 5.54 Å². The molecule has 0 spiro atoms. The molecule has 0 bridgehead atoms. The fourth-order valence-electron chi connectivity index (χ4n) is 3.11. The average Bonchev–Trinajstić information content (AvgIpc) is 2.70. The Balaban J connectivity index is 2.17. The lowest BCUT2D eigenvalue weighted by atomic mass is 9.99. The molecule has 1 saturated heterocycles. The highest BCUT2D eigenvalue weighted by atomic mass is 16.5. The molecule has 0 aliphatic carbocycles. The van der Waals surface area contributed by atoms with Crippen LogP contribution in [0, 0.1) is 0 Å². The van der Waals surface area contributed by atoms with Crippen LogP contribution in [0.3, 0.4) is 0 Å². The zero-order valence-electron chi connectivity index (χ0n) is 14.0. The van der Waals surface area contributed by atoms with E-state index in [4.69, 9.17) is 0 Å². The lowest BCUT2D eigenvalue weighted by molar-refractivity contribution is -0.129. The highest BCUT2D eigenvalue weighted by molar-refractivity contribution is 5.80. The quantitative estimate of drug-likeness (QED) is 0.655. The van der Waals surface area contributed by atoms with Gasteiger partial charge >= 0.3 is 12.1 Å². The molecular formula is C16H24N4O3. The number of nitrogens with zero attached hydrogens (tertiary/aromatic N) is 3. The number of amides is 4. The van der Waals surface area contributed by atoms with E-state index in [1.807, 2.05) is 44.2 Å². The van der Waals surface area contributed by atoms with Gasteiger partial charge in [-0.2, -0.15) is 5.06 Å². The lowest BCUT2D eigenvalue weighted by Crippen LogP contribution is -2.58. The van der Waals surface area contributed by atoms with Gasteiger partial charge in [-0.3, -0.25) is 5.21 Å². The molecule has 1 atom stereocenters. The lowest BCUT2D eigenvalue weighted by Gasteiger charge is -2.37. The topological polar surface area (TPSA) is 76.1 Å². The van der Waals surface area contributed by atoms with Crippen LogP contribution in [0.1, 0.15) is 19.4 Å². The van der Waals surface area contributed by atoms with E-state index in [9.17, 15) is 14.8 Å². The first-order chi connectivity index (χ1) is 10.8. The van der Waals surface area contributed by atoms with Gasteiger partial charge in [0.25, 0.3) is 0 Å². The number of rotatable bonds is 4. The Morgan fingerprint density at radius 3 is 2.52 bits per heavy atom. The molecule has 2 rings (SSSR count). The van der Waals surface area contributed by atoms with Crippen LogP contribution >= 0.6 is 0 Å². The number of hydroxylamine groups is 2. The second kappa shape index (κ2) is 6.45. The Labute approximate surface area is 136 Å². The van der Waals surface area contributed by atoms with E-state index in [1.165, 1.54) is 11.9 Å². The minimum atomic E-state index is -0.759. The van der Waals surface area contributed by atoms with E-state index in [0.717, 1.165) is 5.56 Å². The van der Waals surface area contributed by atoms with Gasteiger partial charge in [-0.05, 0) is 25.8 Å². The normalized spacial score (nSPS) is 19.9. The molecule has 0 saturated carbocycles. The molecule has 1 fully saturated rings. The molecule has 7 nitrogen and oxygen atoms in total. The summed E-state index contributed by atoms with van der Waals surface area (Å²) >= 11 is 0. The Bertz CT molecular complexity index is 576. The Morgan fingerprint density at radius 2 is 1.96 bits per heavy atom. The van der Waals surface area contributed by atoms with Crippen molar-refractivity contribution in [2.75, 3.05) is 20.6 Å². The Hall–Kier alpha value is -2.28. The minimum absolute atomic E-state index is 0.209. The third kappa shape index (κ3) is 3.10. The van der Waals surface area contributed by atoms with Crippen LogP contribution in [-0.2, 0) is 6.42 Å². The van der Waals surface area contributed by atoms with Crippen molar-refractivity contribution in [3.05, 3.63) is 35.9 Å². The second-order valence-electron chi connectivity index (χ2n) is 6.21. The summed E-state index contributed by atoms with van der Waals surface area (Å²) < 4.78 is 0. The predicted molar refractivity (Wildman–Crippen MR) is 86.0 cm³/mol. The van der Waals surface area contributed by atoms with Gasteiger partial charge < -0.3 is 15.1 Å². The maximum atomic E-state index is 12.6. The van der Waals surface area contributed by atoms with Crippen molar-refractivity contribution in [2.24, 2.45) is 0 Å². The van der Waals surface area contributed by atoms with Gasteiger partial charge in [0.15, 0.2) is 6.17 Å². The Morgan fingerprint density at radius 1 is 1.35 bits per heavy atom. The number of hydrogen-bond acceptors (Lipinski definition) is 3. The summed E-state index contributed by atoms with van der Waals surface area (Å²) in [5.74, 6) is 0. The first-order valence-corrected chi connectivity index (χ1v) is 7.59. The van der Waals surface area contributed by atoms with Crippen molar-refractivity contribution in [3.63, 3.8) is 0 Å². The maximum absolute atomic E-state index is 12.6. The van der Waals surface area contributed by atoms with Crippen molar-refractivity contribution < 1.29 is 14.8 Å². The van der Waals surface area contributed by atoms with Crippen LogP contribution in [0.25, 0.3) is 0 Å². The average molecular weight is 320 g/mol. The van der Waals surface area contributed by atoms with E-state index in [-0.39, 0.29) is 6.03 Å². The predicted octanol–water partition coefficient (Wildman–Crippen LogP) is 1.73. The monoisotopic (exact) mass is 320 g/mol. The molecule has 2 N–H and O–H groups in total. The summed E-state index contributed by atoms with van der Waals surface area (Å²) in [6, 6.07) is 9.04. The molecule has 126 valence electrons. The van der Waals surface area contributed by atoms with E-state index in [0.29, 0.717) is 18.0 Å². The summed E-state index contributed by atoms with van der Waals surface area (Å²) in [6.45, 7) is 4.20. The van der Waals surface area contributed by atoms with Crippen LogP contribution in [0.2, 0.25) is 0 Å². The molecule has 1 aliphatic heterocycles. The molecule has 7 heteroatoms. The van der Waals surface area contributed by atoms with Crippen LogP contribution in [0.15, 0.2) is 30.3 Å². The molecule has 4 amide bonds. The molecule has 1 aliphatic rings. The highest BCUT2D eigenvalue weighted by Crippen LogP contribution is 2.33. The van der Waals surface area contributed by atoms with Gasteiger partial charge in [0.1, 0.15) is 0 Å². The number of carbonyl (C=O) groups excluding carboxylic acids is 2. The van der Waals surface area contributed by atoms with Crippen molar-refractivity contribution in [1.82, 2.24) is 20.2 Å². The SMILES string of the molecule is CNC(=O)N(O)C1N(C)C(=O)N(CCc2ccccc2)C1(C)C. The standard InChI is InChI=1S/C16H24N4O3/c1-16(2)13(20(23)14(21)17-3)18(4)15(22)19(16)11-10-12-8-6-5-7-9-12/h5-9,13,23H,10-11H2,1-4H3,(H,17,21). The van der Waals surface area contributed by atoms with Crippen LogP contribution in [0.4, 0.5) is 9.59 Å². The molecular weight excluding hydrogens is 296 g/mol. The summed E-state index contributed by atoms with van der Waals surface area (Å²) in [7, 11) is 3.02. The molecule has 1 aromatic carbocycles. The number of likely N-dealkylation sites (N-methyl/N-ethyl adjacent to an activating group) is 1. The van der Waals surface area contributed by atoms with Crippen molar-refractivity contribution in [3.8, 4) is 0 Å². The minimum Gasteiger partial charge on any atom is -0.339 e. The first-order valence-electron chi connectivity index (χ1n) is 7.59. The van der Waals surface area contributed by atoms with E-state index in [1.54, 1.807) is 11.9 Å². The van der Waals surface area contributed by atoms with Crippen LogP contribution in [0.5, 0.6) is 0 Å². The first kappa shape index (κ1) is 17.1. The zero-order chi connectivity index (χ0) is 17.2. The van der Waals surface area contributed by atoms with Gasteiger partial charge in [0.2, 0.25) is 0 Å². The van der Waals surface area contributed by atoms with E-state index in [2.05, 4.69) is 5.32 Å². The molecule has 1 heterocycles. The zero-order valence-corrected chi connectivity index (χ0v) is 14.0. The molecule has 1 aromatic rings. The maximum Gasteiger partial charge on any atom is 0.342 e. The summed E-state index contributed by atoms with van der Waals surface area (Å²) in [4.78, 5) is 27.4. The van der Waals surface area contributed by atoms with Crippen LogP contribution in [-0.4, -0.2) is 64.5 Å². The molecule has 0 radical (unpaired) electrons. The van der Waals surface area contributed by atoms with E-state index < -0.39 is 17.7 Å². The number of hydrogen-bond donors (Lipinski definition) is 2. The van der Waals surface area contributed by atoms with Crippen LogP contribution < -0.4 is 5.32 Å². The third-order valence-electron chi connectivity index (χ3n) is 4.35.